The number of nitrogens with one attached hydrogen (secondary N) is 2. The predicted octanol–water partition coefficient (Wildman–Crippen LogP) is 1.78. The normalized spacial score (nSPS) is 14.5. The average molecular weight is 376 g/mol. The van der Waals surface area contributed by atoms with Gasteiger partial charge in [0.2, 0.25) is 5.88 Å². The first-order chi connectivity index (χ1) is 8.83. The van der Waals surface area contributed by atoms with E-state index >= 15 is 0 Å². The molecule has 0 radical (unpaired) electrons. The fraction of sp³-hybridized carbons (Fsp3) is 0.538. The van der Waals surface area contributed by atoms with Crippen LogP contribution in [-0.4, -0.2) is 31.6 Å². The van der Waals surface area contributed by atoms with Gasteiger partial charge in [-0.15, -0.1) is 24.0 Å². The number of methoxy groups -OCH3 is 1. The molecule has 0 spiro atoms. The van der Waals surface area contributed by atoms with Crippen LogP contribution in [0.3, 0.4) is 0 Å². The van der Waals surface area contributed by atoms with Crippen LogP contribution in [0.15, 0.2) is 23.3 Å². The summed E-state index contributed by atoms with van der Waals surface area (Å²) in [5, 5.41) is 6.58. The molecule has 1 fully saturated rings. The summed E-state index contributed by atoms with van der Waals surface area (Å²) in [6, 6.07) is 3.90. The molecule has 0 aliphatic heterocycles. The van der Waals surface area contributed by atoms with Gasteiger partial charge in [-0.3, -0.25) is 4.99 Å². The van der Waals surface area contributed by atoms with E-state index in [1.165, 1.54) is 12.8 Å². The van der Waals surface area contributed by atoms with Crippen molar-refractivity contribution in [1.82, 2.24) is 15.6 Å². The van der Waals surface area contributed by atoms with Crippen molar-refractivity contribution in [3.63, 3.8) is 0 Å². The van der Waals surface area contributed by atoms with Crippen molar-refractivity contribution in [2.24, 2.45) is 10.9 Å². The number of hydrogen-bond donors (Lipinski definition) is 2. The molecule has 19 heavy (non-hydrogen) atoms. The molecule has 1 aromatic heterocycles. The monoisotopic (exact) mass is 376 g/mol. The molecular formula is C13H21IN4O. The van der Waals surface area contributed by atoms with Crippen LogP contribution in [0.25, 0.3) is 0 Å². The summed E-state index contributed by atoms with van der Waals surface area (Å²) in [5.41, 5.74) is 1.02. The molecule has 0 bridgehead atoms. The Morgan fingerprint density at radius 2 is 2.26 bits per heavy atom. The quantitative estimate of drug-likeness (QED) is 0.467. The Morgan fingerprint density at radius 1 is 1.47 bits per heavy atom. The molecule has 0 saturated heterocycles. The molecule has 5 nitrogen and oxygen atoms in total. The molecule has 106 valence electrons. The van der Waals surface area contributed by atoms with Crippen molar-refractivity contribution in [3.05, 3.63) is 23.9 Å². The highest BCUT2D eigenvalue weighted by Gasteiger charge is 2.21. The summed E-state index contributed by atoms with van der Waals surface area (Å²) in [6.07, 6.45) is 4.39. The van der Waals surface area contributed by atoms with Gasteiger partial charge in [0.05, 0.1) is 7.11 Å². The summed E-state index contributed by atoms with van der Waals surface area (Å²) < 4.78 is 5.21. The third-order valence-electron chi connectivity index (χ3n) is 2.97. The van der Waals surface area contributed by atoms with Crippen molar-refractivity contribution in [2.45, 2.75) is 19.4 Å². The second kappa shape index (κ2) is 8.19. The molecule has 0 aromatic carbocycles. The molecule has 1 saturated carbocycles. The van der Waals surface area contributed by atoms with Crippen LogP contribution in [0.4, 0.5) is 0 Å². The maximum absolute atomic E-state index is 5.21. The van der Waals surface area contributed by atoms with E-state index in [9.17, 15) is 0 Å². The number of halogens is 1. The Hall–Kier alpha value is -1.05. The van der Waals surface area contributed by atoms with E-state index in [4.69, 9.17) is 4.74 Å². The molecule has 1 aliphatic rings. The number of rotatable bonds is 5. The van der Waals surface area contributed by atoms with E-state index in [1.54, 1.807) is 20.4 Å². The van der Waals surface area contributed by atoms with Crippen LogP contribution in [0.5, 0.6) is 5.88 Å². The predicted molar refractivity (Wildman–Crippen MR) is 87.1 cm³/mol. The lowest BCUT2D eigenvalue weighted by Gasteiger charge is -2.12. The molecule has 0 atom stereocenters. The fourth-order valence-electron chi connectivity index (χ4n) is 1.71. The van der Waals surface area contributed by atoms with Crippen LogP contribution >= 0.6 is 24.0 Å². The van der Waals surface area contributed by atoms with E-state index in [2.05, 4.69) is 20.6 Å². The van der Waals surface area contributed by atoms with Gasteiger partial charge in [-0.1, -0.05) is 6.07 Å². The zero-order valence-corrected chi connectivity index (χ0v) is 13.7. The second-order valence-corrected chi connectivity index (χ2v) is 4.42. The number of hydrogen-bond acceptors (Lipinski definition) is 3. The number of aliphatic imine (C=N–C) groups is 1. The van der Waals surface area contributed by atoms with Crippen LogP contribution in [0.2, 0.25) is 0 Å². The molecule has 0 unspecified atom stereocenters. The minimum absolute atomic E-state index is 0. The first-order valence-corrected chi connectivity index (χ1v) is 6.26. The highest BCUT2D eigenvalue weighted by atomic mass is 127. The molecular weight excluding hydrogens is 355 g/mol. The molecule has 0 amide bonds. The number of pyridine rings is 1. The first-order valence-electron chi connectivity index (χ1n) is 6.26. The van der Waals surface area contributed by atoms with Crippen LogP contribution in [0, 0.1) is 5.92 Å². The maximum Gasteiger partial charge on any atom is 0.218 e. The molecule has 1 aliphatic carbocycles. The van der Waals surface area contributed by atoms with Crippen molar-refractivity contribution < 1.29 is 4.74 Å². The lowest BCUT2D eigenvalue weighted by atomic mass is 10.2. The lowest BCUT2D eigenvalue weighted by Crippen LogP contribution is -2.37. The SMILES string of the molecule is CN=C(NCc1cccnc1OC)NCC1CC1.I. The molecule has 6 heteroatoms. The summed E-state index contributed by atoms with van der Waals surface area (Å²) in [6.45, 7) is 1.66. The molecule has 2 rings (SSSR count). The number of guanidine groups is 1. The molecule has 1 heterocycles. The average Bonchev–Trinajstić information content (AvgIpc) is 3.23. The second-order valence-electron chi connectivity index (χ2n) is 4.42. The van der Waals surface area contributed by atoms with Gasteiger partial charge in [-0.2, -0.15) is 0 Å². The number of aromatic nitrogens is 1. The van der Waals surface area contributed by atoms with E-state index in [1.807, 2.05) is 12.1 Å². The Labute approximate surface area is 131 Å². The van der Waals surface area contributed by atoms with Crippen molar-refractivity contribution in [2.75, 3.05) is 20.7 Å². The van der Waals surface area contributed by atoms with Gasteiger partial charge in [0.25, 0.3) is 0 Å². The zero-order chi connectivity index (χ0) is 12.8. The van der Waals surface area contributed by atoms with Gasteiger partial charge in [0, 0.05) is 31.9 Å². The van der Waals surface area contributed by atoms with Crippen LogP contribution in [-0.2, 0) is 6.54 Å². The van der Waals surface area contributed by atoms with E-state index in [-0.39, 0.29) is 24.0 Å². The van der Waals surface area contributed by atoms with E-state index in [0.717, 1.165) is 24.0 Å². The zero-order valence-electron chi connectivity index (χ0n) is 11.3. The Morgan fingerprint density at radius 3 is 2.89 bits per heavy atom. The maximum atomic E-state index is 5.21. The standard InChI is InChI=1S/C13H20N4O.HI/c1-14-13(16-8-10-5-6-10)17-9-11-4-3-7-15-12(11)18-2;/h3-4,7,10H,5-6,8-9H2,1-2H3,(H2,14,16,17);1H. The third kappa shape index (κ3) is 5.22. The third-order valence-corrected chi connectivity index (χ3v) is 2.97. The van der Waals surface area contributed by atoms with Gasteiger partial charge in [0.1, 0.15) is 0 Å². The highest BCUT2D eigenvalue weighted by Crippen LogP contribution is 2.27. The fourth-order valence-corrected chi connectivity index (χ4v) is 1.71. The Balaban J connectivity index is 0.00000180. The summed E-state index contributed by atoms with van der Waals surface area (Å²) in [4.78, 5) is 8.35. The first kappa shape index (κ1) is 16.0. The minimum Gasteiger partial charge on any atom is -0.481 e. The number of ether oxygens (including phenoxy) is 1. The van der Waals surface area contributed by atoms with Crippen LogP contribution < -0.4 is 15.4 Å². The van der Waals surface area contributed by atoms with Gasteiger partial charge in [-0.25, -0.2) is 4.98 Å². The van der Waals surface area contributed by atoms with Gasteiger partial charge >= 0.3 is 0 Å². The molecule has 2 N–H and O–H groups in total. The highest BCUT2D eigenvalue weighted by molar-refractivity contribution is 14.0. The Bertz CT molecular complexity index is 421. The lowest BCUT2D eigenvalue weighted by molar-refractivity contribution is 0.392. The molecule has 1 aromatic rings. The van der Waals surface area contributed by atoms with E-state index < -0.39 is 0 Å². The summed E-state index contributed by atoms with van der Waals surface area (Å²) in [7, 11) is 3.41. The summed E-state index contributed by atoms with van der Waals surface area (Å²) >= 11 is 0. The van der Waals surface area contributed by atoms with Gasteiger partial charge < -0.3 is 15.4 Å². The topological polar surface area (TPSA) is 58.5 Å². The van der Waals surface area contributed by atoms with Gasteiger partial charge in [0.15, 0.2) is 5.96 Å². The van der Waals surface area contributed by atoms with Crippen molar-refractivity contribution >= 4 is 29.9 Å². The summed E-state index contributed by atoms with van der Waals surface area (Å²) in [5.74, 6) is 2.31. The van der Waals surface area contributed by atoms with Gasteiger partial charge in [-0.05, 0) is 24.8 Å². The van der Waals surface area contributed by atoms with E-state index in [0.29, 0.717) is 12.4 Å². The largest absolute Gasteiger partial charge is 0.481 e. The minimum atomic E-state index is 0. The number of nitrogens with zero attached hydrogens (tertiary/aromatic N) is 2. The van der Waals surface area contributed by atoms with Crippen LogP contribution in [0.1, 0.15) is 18.4 Å². The Kier molecular flexibility index (Phi) is 6.90. The smallest absolute Gasteiger partial charge is 0.218 e. The van der Waals surface area contributed by atoms with Crippen molar-refractivity contribution in [1.29, 1.82) is 0 Å². The van der Waals surface area contributed by atoms with Crippen molar-refractivity contribution in [3.8, 4) is 5.88 Å².